The zero-order valence-electron chi connectivity index (χ0n) is 15.3. The van der Waals surface area contributed by atoms with Gasteiger partial charge in [0.2, 0.25) is 0 Å². The van der Waals surface area contributed by atoms with Gasteiger partial charge in [0.15, 0.2) is 5.96 Å². The summed E-state index contributed by atoms with van der Waals surface area (Å²) < 4.78 is 40.3. The summed E-state index contributed by atoms with van der Waals surface area (Å²) in [6, 6.07) is 11.6. The highest BCUT2D eigenvalue weighted by Gasteiger charge is 2.30. The van der Waals surface area contributed by atoms with Crippen molar-refractivity contribution in [2.24, 2.45) is 10.7 Å². The number of halogens is 4. The molecule has 1 heterocycles. The molecule has 0 radical (unpaired) electrons. The number of nitrogens with one attached hydrogen (secondary N) is 1. The molecule has 0 aromatic heterocycles. The van der Waals surface area contributed by atoms with Gasteiger partial charge in [-0.1, -0.05) is 12.1 Å². The van der Waals surface area contributed by atoms with Gasteiger partial charge in [-0.25, -0.2) is 4.99 Å². The Morgan fingerprint density at radius 3 is 2.61 bits per heavy atom. The van der Waals surface area contributed by atoms with Crippen LogP contribution in [0.15, 0.2) is 47.5 Å². The zero-order valence-corrected chi connectivity index (χ0v) is 17.6. The third-order valence-electron chi connectivity index (χ3n) is 4.29. The Morgan fingerprint density at radius 1 is 1.21 bits per heavy atom. The summed E-state index contributed by atoms with van der Waals surface area (Å²) >= 11 is 0. The fourth-order valence-electron chi connectivity index (χ4n) is 3.04. The van der Waals surface area contributed by atoms with E-state index in [9.17, 15) is 13.2 Å². The van der Waals surface area contributed by atoms with Crippen LogP contribution in [0.4, 0.5) is 24.5 Å². The summed E-state index contributed by atoms with van der Waals surface area (Å²) in [5.41, 5.74) is 10.0. The summed E-state index contributed by atoms with van der Waals surface area (Å²) in [5.74, 6) is -0.100. The SMILES string of the molecule is CN1CCCc2cc(CN=C(N)Nc3ccc(OC(F)(F)F)cc3)ccc21.I. The number of aryl methyl sites for hydroxylation is 1. The first-order valence-electron chi connectivity index (χ1n) is 8.56. The maximum absolute atomic E-state index is 12.2. The van der Waals surface area contributed by atoms with Gasteiger partial charge in [0.05, 0.1) is 6.54 Å². The highest BCUT2D eigenvalue weighted by Crippen LogP contribution is 2.27. The van der Waals surface area contributed by atoms with Crippen LogP contribution >= 0.6 is 24.0 Å². The Balaban J connectivity index is 0.00000280. The molecule has 0 bridgehead atoms. The van der Waals surface area contributed by atoms with Gasteiger partial charge in [-0.3, -0.25) is 0 Å². The summed E-state index contributed by atoms with van der Waals surface area (Å²) in [5, 5.41) is 2.85. The largest absolute Gasteiger partial charge is 0.573 e. The number of nitrogens with zero attached hydrogens (tertiary/aromatic N) is 2. The minimum absolute atomic E-state index is 0. The van der Waals surface area contributed by atoms with Crippen molar-refractivity contribution in [2.45, 2.75) is 25.7 Å². The number of anilines is 2. The van der Waals surface area contributed by atoms with Gasteiger partial charge in [-0.05, 0) is 54.3 Å². The molecular weight excluding hydrogens is 484 g/mol. The van der Waals surface area contributed by atoms with Crippen LogP contribution in [0.1, 0.15) is 17.5 Å². The van der Waals surface area contributed by atoms with Crippen molar-refractivity contribution in [2.75, 3.05) is 23.8 Å². The average molecular weight is 506 g/mol. The number of nitrogens with two attached hydrogens (primary N) is 1. The second kappa shape index (κ2) is 9.35. The van der Waals surface area contributed by atoms with E-state index in [-0.39, 0.29) is 35.7 Å². The van der Waals surface area contributed by atoms with Crippen LogP contribution in [-0.2, 0) is 13.0 Å². The fourth-order valence-corrected chi connectivity index (χ4v) is 3.04. The molecule has 0 saturated carbocycles. The van der Waals surface area contributed by atoms with Gasteiger partial charge in [0, 0.05) is 25.0 Å². The van der Waals surface area contributed by atoms with Crippen LogP contribution < -0.4 is 20.7 Å². The van der Waals surface area contributed by atoms with Gasteiger partial charge in [-0.2, -0.15) is 0 Å². The Hall–Kier alpha value is -2.17. The van der Waals surface area contributed by atoms with Gasteiger partial charge in [0.1, 0.15) is 5.75 Å². The Bertz CT molecular complexity index is 825. The molecule has 5 nitrogen and oxygen atoms in total. The van der Waals surface area contributed by atoms with Crippen molar-refractivity contribution in [3.63, 3.8) is 0 Å². The molecule has 0 atom stereocenters. The van der Waals surface area contributed by atoms with Crippen molar-refractivity contribution >= 4 is 41.3 Å². The summed E-state index contributed by atoms with van der Waals surface area (Å²) in [7, 11) is 2.09. The van der Waals surface area contributed by atoms with Gasteiger partial charge >= 0.3 is 6.36 Å². The number of ether oxygens (including phenoxy) is 1. The van der Waals surface area contributed by atoms with E-state index >= 15 is 0 Å². The highest BCUT2D eigenvalue weighted by molar-refractivity contribution is 14.0. The number of aliphatic imine (C=N–C) groups is 1. The van der Waals surface area contributed by atoms with Crippen molar-refractivity contribution in [3.05, 3.63) is 53.6 Å². The third kappa shape index (κ3) is 6.18. The van der Waals surface area contributed by atoms with Gasteiger partial charge in [-0.15, -0.1) is 37.1 Å². The van der Waals surface area contributed by atoms with Crippen molar-refractivity contribution in [3.8, 4) is 5.75 Å². The highest BCUT2D eigenvalue weighted by atomic mass is 127. The molecule has 2 aromatic rings. The lowest BCUT2D eigenvalue weighted by Crippen LogP contribution is -2.24. The topological polar surface area (TPSA) is 62.9 Å². The number of guanidine groups is 1. The Kier molecular flexibility index (Phi) is 7.39. The number of alkyl halides is 3. The Morgan fingerprint density at radius 2 is 1.93 bits per heavy atom. The van der Waals surface area contributed by atoms with Crippen LogP contribution in [0.5, 0.6) is 5.75 Å². The average Bonchev–Trinajstić information content (AvgIpc) is 2.60. The second-order valence-electron chi connectivity index (χ2n) is 6.39. The lowest BCUT2D eigenvalue weighted by molar-refractivity contribution is -0.274. The standard InChI is InChI=1S/C19H21F3N4O.HI/c1-26-10-2-3-14-11-13(4-9-17(14)26)12-24-18(23)25-15-5-7-16(8-6-15)27-19(20,21)22;/h4-9,11H,2-3,10,12H2,1H3,(H3,23,24,25);1H. The van der Waals surface area contributed by atoms with E-state index < -0.39 is 6.36 Å². The fraction of sp³-hybridized carbons (Fsp3) is 0.316. The first-order valence-corrected chi connectivity index (χ1v) is 8.56. The van der Waals surface area contributed by atoms with Crippen LogP contribution in [0.25, 0.3) is 0 Å². The number of hydrogen-bond donors (Lipinski definition) is 2. The van der Waals surface area contributed by atoms with Crippen LogP contribution in [0.2, 0.25) is 0 Å². The molecular formula is C19H22F3IN4O. The number of rotatable bonds is 4. The molecule has 9 heteroatoms. The molecule has 0 saturated heterocycles. The van der Waals surface area contributed by atoms with Gasteiger partial charge < -0.3 is 20.7 Å². The molecule has 3 rings (SSSR count). The number of fused-ring (bicyclic) bond motifs is 1. The molecule has 0 amide bonds. The lowest BCUT2D eigenvalue weighted by Gasteiger charge is -2.27. The predicted molar refractivity (Wildman–Crippen MR) is 116 cm³/mol. The van der Waals surface area contributed by atoms with E-state index in [4.69, 9.17) is 5.73 Å². The molecule has 152 valence electrons. The lowest BCUT2D eigenvalue weighted by atomic mass is 10.00. The monoisotopic (exact) mass is 506 g/mol. The number of hydrogen-bond acceptors (Lipinski definition) is 3. The summed E-state index contributed by atoms with van der Waals surface area (Å²) in [4.78, 5) is 6.54. The van der Waals surface area contributed by atoms with Gasteiger partial charge in [0.25, 0.3) is 0 Å². The molecule has 0 unspecified atom stereocenters. The molecule has 2 aromatic carbocycles. The van der Waals surface area contributed by atoms with E-state index in [1.54, 1.807) is 0 Å². The maximum Gasteiger partial charge on any atom is 0.573 e. The first-order chi connectivity index (χ1) is 12.8. The minimum atomic E-state index is -4.71. The molecule has 1 aliphatic heterocycles. The van der Waals surface area contributed by atoms with E-state index in [0.29, 0.717) is 12.2 Å². The summed E-state index contributed by atoms with van der Waals surface area (Å²) in [6.07, 6.45) is -2.52. The maximum atomic E-state index is 12.2. The zero-order chi connectivity index (χ0) is 19.4. The molecule has 28 heavy (non-hydrogen) atoms. The quantitative estimate of drug-likeness (QED) is 0.364. The molecule has 0 spiro atoms. The molecule has 0 aliphatic carbocycles. The van der Waals surface area contributed by atoms with Crippen LogP contribution in [0.3, 0.4) is 0 Å². The number of benzene rings is 2. The van der Waals surface area contributed by atoms with E-state index in [0.717, 1.165) is 24.9 Å². The van der Waals surface area contributed by atoms with Crippen LogP contribution in [0, 0.1) is 0 Å². The van der Waals surface area contributed by atoms with E-state index in [1.807, 2.05) is 6.07 Å². The minimum Gasteiger partial charge on any atom is -0.406 e. The Labute approximate surface area is 178 Å². The van der Waals surface area contributed by atoms with Crippen molar-refractivity contribution in [1.82, 2.24) is 0 Å². The molecule has 0 fully saturated rings. The first kappa shape index (κ1) is 22.1. The van der Waals surface area contributed by atoms with Crippen LogP contribution in [-0.4, -0.2) is 25.9 Å². The van der Waals surface area contributed by atoms with Crippen molar-refractivity contribution in [1.29, 1.82) is 0 Å². The molecule has 3 N–H and O–H groups in total. The van der Waals surface area contributed by atoms with E-state index in [1.165, 1.54) is 35.5 Å². The smallest absolute Gasteiger partial charge is 0.406 e. The predicted octanol–water partition coefficient (Wildman–Crippen LogP) is 4.51. The summed E-state index contributed by atoms with van der Waals surface area (Å²) in [6.45, 7) is 1.49. The molecule has 1 aliphatic rings. The second-order valence-corrected chi connectivity index (χ2v) is 6.39. The normalized spacial score (nSPS) is 14.1. The van der Waals surface area contributed by atoms with E-state index in [2.05, 4.69) is 39.1 Å². The third-order valence-corrected chi connectivity index (χ3v) is 4.29. The van der Waals surface area contributed by atoms with Crippen molar-refractivity contribution < 1.29 is 17.9 Å².